The van der Waals surface area contributed by atoms with Gasteiger partial charge in [0.25, 0.3) is 0 Å². The first-order valence-electron chi connectivity index (χ1n) is 7.97. The summed E-state index contributed by atoms with van der Waals surface area (Å²) in [5, 5.41) is 0. The minimum atomic E-state index is 0.310. The molecule has 1 heterocycles. The number of amides is 1. The van der Waals surface area contributed by atoms with Crippen molar-refractivity contribution < 1.29 is 4.79 Å². The lowest BCUT2D eigenvalue weighted by Gasteiger charge is -2.34. The largest absolute Gasteiger partial charge is 0.336 e. The Hall–Kier alpha value is -1.38. The third-order valence-electron chi connectivity index (χ3n) is 4.52. The standard InChI is InChI=1S/C17H24N2O/c1-13-7-8-14(12-18-13)11-17(20)19(16-9-10-16)15-5-3-2-4-6-15/h7-8,12,15-16H,2-6,9-11H2,1H3. The summed E-state index contributed by atoms with van der Waals surface area (Å²) in [6.45, 7) is 1.98. The van der Waals surface area contributed by atoms with Crippen molar-refractivity contribution in [3.63, 3.8) is 0 Å². The summed E-state index contributed by atoms with van der Waals surface area (Å²) in [7, 11) is 0. The molecule has 1 aromatic heterocycles. The molecule has 0 aromatic carbocycles. The van der Waals surface area contributed by atoms with Crippen LogP contribution in [-0.2, 0) is 11.2 Å². The summed E-state index contributed by atoms with van der Waals surface area (Å²) in [5.74, 6) is 0.310. The number of aromatic nitrogens is 1. The highest BCUT2D eigenvalue weighted by molar-refractivity contribution is 5.79. The number of carbonyl (C=O) groups excluding carboxylic acids is 1. The van der Waals surface area contributed by atoms with Crippen molar-refractivity contribution in [1.29, 1.82) is 0 Å². The van der Waals surface area contributed by atoms with Crippen molar-refractivity contribution in [2.45, 2.75) is 70.4 Å². The molecule has 1 amide bonds. The number of nitrogens with zero attached hydrogens (tertiary/aromatic N) is 2. The van der Waals surface area contributed by atoms with E-state index in [4.69, 9.17) is 0 Å². The number of carbonyl (C=O) groups is 1. The average molecular weight is 272 g/mol. The van der Waals surface area contributed by atoms with Gasteiger partial charge in [-0.1, -0.05) is 25.3 Å². The molecule has 2 aliphatic rings. The Morgan fingerprint density at radius 3 is 2.45 bits per heavy atom. The fraction of sp³-hybridized carbons (Fsp3) is 0.647. The van der Waals surface area contributed by atoms with Crippen LogP contribution in [0.2, 0.25) is 0 Å². The monoisotopic (exact) mass is 272 g/mol. The van der Waals surface area contributed by atoms with Crippen LogP contribution in [0.15, 0.2) is 18.3 Å². The minimum Gasteiger partial charge on any atom is -0.336 e. The van der Waals surface area contributed by atoms with E-state index in [2.05, 4.69) is 9.88 Å². The maximum absolute atomic E-state index is 12.7. The highest BCUT2D eigenvalue weighted by Gasteiger charge is 2.37. The van der Waals surface area contributed by atoms with Crippen LogP contribution in [0.1, 0.15) is 56.2 Å². The zero-order valence-electron chi connectivity index (χ0n) is 12.3. The maximum atomic E-state index is 12.7. The molecule has 0 spiro atoms. The second-order valence-corrected chi connectivity index (χ2v) is 6.31. The Balaban J connectivity index is 1.67. The summed E-state index contributed by atoms with van der Waals surface area (Å²) in [6, 6.07) is 5.06. The van der Waals surface area contributed by atoms with E-state index in [1.807, 2.05) is 25.3 Å². The Labute approximate surface area is 121 Å². The van der Waals surface area contributed by atoms with Gasteiger partial charge in [-0.05, 0) is 44.2 Å². The zero-order chi connectivity index (χ0) is 13.9. The third-order valence-corrected chi connectivity index (χ3v) is 4.52. The van der Waals surface area contributed by atoms with E-state index in [9.17, 15) is 4.79 Å². The van der Waals surface area contributed by atoms with E-state index >= 15 is 0 Å². The highest BCUT2D eigenvalue weighted by Crippen LogP contribution is 2.34. The molecule has 2 aliphatic carbocycles. The van der Waals surface area contributed by atoms with Gasteiger partial charge in [0, 0.05) is 24.0 Å². The van der Waals surface area contributed by atoms with E-state index in [1.54, 1.807) is 0 Å². The van der Waals surface area contributed by atoms with Crippen LogP contribution in [0.3, 0.4) is 0 Å². The normalized spacial score (nSPS) is 19.9. The molecule has 2 fully saturated rings. The van der Waals surface area contributed by atoms with E-state index in [-0.39, 0.29) is 0 Å². The van der Waals surface area contributed by atoms with Crippen LogP contribution < -0.4 is 0 Å². The van der Waals surface area contributed by atoms with Crippen molar-refractivity contribution in [1.82, 2.24) is 9.88 Å². The van der Waals surface area contributed by atoms with Crippen LogP contribution in [0.4, 0.5) is 0 Å². The van der Waals surface area contributed by atoms with Crippen molar-refractivity contribution in [2.75, 3.05) is 0 Å². The molecule has 0 unspecified atom stereocenters. The van der Waals surface area contributed by atoms with Crippen LogP contribution in [-0.4, -0.2) is 27.9 Å². The SMILES string of the molecule is Cc1ccc(CC(=O)N(C2CCCCC2)C2CC2)cn1. The maximum Gasteiger partial charge on any atom is 0.227 e. The number of hydrogen-bond donors (Lipinski definition) is 0. The molecule has 0 aliphatic heterocycles. The summed E-state index contributed by atoms with van der Waals surface area (Å²) in [5.41, 5.74) is 2.05. The molecule has 20 heavy (non-hydrogen) atoms. The highest BCUT2D eigenvalue weighted by atomic mass is 16.2. The molecule has 0 bridgehead atoms. The van der Waals surface area contributed by atoms with Gasteiger partial charge in [-0.15, -0.1) is 0 Å². The Morgan fingerprint density at radius 1 is 1.15 bits per heavy atom. The van der Waals surface area contributed by atoms with Gasteiger partial charge in [-0.2, -0.15) is 0 Å². The Kier molecular flexibility index (Phi) is 4.04. The minimum absolute atomic E-state index is 0.310. The van der Waals surface area contributed by atoms with E-state index < -0.39 is 0 Å². The van der Waals surface area contributed by atoms with E-state index in [0.29, 0.717) is 24.4 Å². The first-order chi connectivity index (χ1) is 9.74. The molecule has 0 saturated heterocycles. The predicted octanol–water partition coefficient (Wildman–Crippen LogP) is 3.26. The molecule has 1 aromatic rings. The van der Waals surface area contributed by atoms with Crippen molar-refractivity contribution in [2.24, 2.45) is 0 Å². The van der Waals surface area contributed by atoms with Gasteiger partial charge in [-0.3, -0.25) is 9.78 Å². The van der Waals surface area contributed by atoms with Crippen LogP contribution in [0, 0.1) is 6.92 Å². The number of pyridine rings is 1. The number of aryl methyl sites for hydroxylation is 1. The molecule has 3 heteroatoms. The summed E-state index contributed by atoms with van der Waals surface area (Å²) >= 11 is 0. The molecule has 3 rings (SSSR count). The van der Waals surface area contributed by atoms with Crippen LogP contribution in [0.25, 0.3) is 0 Å². The van der Waals surface area contributed by atoms with Crippen LogP contribution in [0.5, 0.6) is 0 Å². The van der Waals surface area contributed by atoms with E-state index in [1.165, 1.54) is 44.9 Å². The molecular weight excluding hydrogens is 248 g/mol. The molecule has 0 N–H and O–H groups in total. The molecule has 0 radical (unpaired) electrons. The number of hydrogen-bond acceptors (Lipinski definition) is 2. The van der Waals surface area contributed by atoms with Gasteiger partial charge in [0.15, 0.2) is 0 Å². The van der Waals surface area contributed by atoms with E-state index in [0.717, 1.165) is 11.3 Å². The Bertz CT molecular complexity index is 458. The molecule has 0 atom stereocenters. The average Bonchev–Trinajstić information content (AvgIpc) is 3.28. The Morgan fingerprint density at radius 2 is 1.85 bits per heavy atom. The lowest BCUT2D eigenvalue weighted by molar-refractivity contribution is -0.134. The first kappa shape index (κ1) is 13.6. The summed E-state index contributed by atoms with van der Waals surface area (Å²) < 4.78 is 0. The van der Waals surface area contributed by atoms with Gasteiger partial charge in [0.05, 0.1) is 6.42 Å². The van der Waals surface area contributed by atoms with Crippen molar-refractivity contribution in [3.05, 3.63) is 29.6 Å². The number of rotatable bonds is 4. The second-order valence-electron chi connectivity index (χ2n) is 6.31. The van der Waals surface area contributed by atoms with Crippen molar-refractivity contribution >= 4 is 5.91 Å². The molecule has 108 valence electrons. The summed E-state index contributed by atoms with van der Waals surface area (Å²) in [4.78, 5) is 19.2. The van der Waals surface area contributed by atoms with Gasteiger partial charge in [-0.25, -0.2) is 0 Å². The first-order valence-corrected chi connectivity index (χ1v) is 7.97. The fourth-order valence-corrected chi connectivity index (χ4v) is 3.29. The van der Waals surface area contributed by atoms with Gasteiger partial charge in [0.2, 0.25) is 5.91 Å². The second kappa shape index (κ2) is 5.94. The van der Waals surface area contributed by atoms with Gasteiger partial charge >= 0.3 is 0 Å². The smallest absolute Gasteiger partial charge is 0.227 e. The van der Waals surface area contributed by atoms with Gasteiger partial charge in [0.1, 0.15) is 0 Å². The molecule has 2 saturated carbocycles. The summed E-state index contributed by atoms with van der Waals surface area (Å²) in [6.07, 6.45) is 11.1. The molecular formula is C17H24N2O. The van der Waals surface area contributed by atoms with Gasteiger partial charge < -0.3 is 4.90 Å². The van der Waals surface area contributed by atoms with Crippen molar-refractivity contribution in [3.8, 4) is 0 Å². The lowest BCUT2D eigenvalue weighted by atomic mass is 9.93. The topological polar surface area (TPSA) is 33.2 Å². The predicted molar refractivity (Wildman–Crippen MR) is 79.4 cm³/mol. The fourth-order valence-electron chi connectivity index (χ4n) is 3.29. The van der Waals surface area contributed by atoms with Crippen LogP contribution >= 0.6 is 0 Å². The third kappa shape index (κ3) is 3.20. The molecule has 3 nitrogen and oxygen atoms in total. The quantitative estimate of drug-likeness (QED) is 0.843. The zero-order valence-corrected chi connectivity index (χ0v) is 12.3. The lowest BCUT2D eigenvalue weighted by Crippen LogP contribution is -2.43.